The predicted octanol–water partition coefficient (Wildman–Crippen LogP) is 17.0. The van der Waals surface area contributed by atoms with Crippen LogP contribution in [0.1, 0.15) is 23.6 Å². The zero-order valence-electron chi connectivity index (χ0n) is 35.0. The monoisotopic (exact) mass is 801 g/mol. The zero-order valence-corrected chi connectivity index (χ0v) is 35.0. The molecule has 0 N–H and O–H groups in total. The third-order valence-corrected chi connectivity index (χ3v) is 13.5. The average Bonchev–Trinajstić information content (AvgIpc) is 3.62. The van der Waals surface area contributed by atoms with E-state index < -0.39 is 0 Å². The van der Waals surface area contributed by atoms with Gasteiger partial charge in [-0.2, -0.15) is 0 Å². The molecule has 0 heterocycles. The van der Waals surface area contributed by atoms with Gasteiger partial charge in [0, 0.05) is 22.5 Å². The highest BCUT2D eigenvalue weighted by Crippen LogP contribution is 2.55. The molecular formula is C62H43N. The highest BCUT2D eigenvalue weighted by molar-refractivity contribution is 5.99. The minimum absolute atomic E-state index is 0.312. The molecule has 0 saturated heterocycles. The summed E-state index contributed by atoms with van der Waals surface area (Å²) in [5.74, 6) is 0. The fourth-order valence-electron chi connectivity index (χ4n) is 10.4. The van der Waals surface area contributed by atoms with E-state index in [1.54, 1.807) is 0 Å². The van der Waals surface area contributed by atoms with Gasteiger partial charge in [-0.15, -0.1) is 0 Å². The smallest absolute Gasteiger partial charge is 0.0467 e. The van der Waals surface area contributed by atoms with Crippen LogP contribution in [0.2, 0.25) is 0 Å². The van der Waals surface area contributed by atoms with Crippen molar-refractivity contribution in [2.24, 2.45) is 0 Å². The third kappa shape index (κ3) is 6.08. The van der Waals surface area contributed by atoms with Crippen LogP contribution in [0.4, 0.5) is 17.1 Å². The maximum Gasteiger partial charge on any atom is 0.0467 e. The van der Waals surface area contributed by atoms with Gasteiger partial charge in [0.2, 0.25) is 0 Å². The first-order chi connectivity index (χ1) is 31.1. The first-order valence-electron chi connectivity index (χ1n) is 21.9. The topological polar surface area (TPSA) is 3.24 Å². The van der Waals surface area contributed by atoms with Gasteiger partial charge in [-0.25, -0.2) is 0 Å². The lowest BCUT2D eigenvalue weighted by Crippen LogP contribution is -2.22. The lowest BCUT2D eigenvalue weighted by molar-refractivity contribution is 0.715. The molecular weight excluding hydrogens is 759 g/mol. The molecule has 1 nitrogen and oxygen atoms in total. The largest absolute Gasteiger partial charge is 0.310 e. The van der Waals surface area contributed by atoms with E-state index in [1.165, 1.54) is 93.5 Å². The number of nitrogens with zero attached hydrogens (tertiary/aromatic N) is 1. The van der Waals surface area contributed by atoms with Crippen molar-refractivity contribution >= 4 is 49.4 Å². The Balaban J connectivity index is 0.994. The molecule has 12 rings (SSSR count). The van der Waals surface area contributed by atoms with Gasteiger partial charge in [-0.1, -0.05) is 200 Å². The molecule has 0 bridgehead atoms. The van der Waals surface area contributed by atoms with Gasteiger partial charge in [0.1, 0.15) is 0 Å². The van der Waals surface area contributed by atoms with Crippen LogP contribution in [0.15, 0.2) is 243 Å². The van der Waals surface area contributed by atoms with Crippen LogP contribution in [-0.2, 0) is 5.41 Å². The number of fused-ring (bicyclic) bond motifs is 6. The van der Waals surface area contributed by atoms with Crippen molar-refractivity contribution in [1.29, 1.82) is 0 Å². The molecule has 0 aromatic heterocycles. The highest BCUT2D eigenvalue weighted by Gasteiger charge is 2.41. The molecule has 63 heavy (non-hydrogen) atoms. The fraction of sp³-hybridized carbons (Fsp3) is 0.0323. The van der Waals surface area contributed by atoms with E-state index in [1.807, 2.05) is 0 Å². The van der Waals surface area contributed by atoms with Crippen LogP contribution < -0.4 is 4.90 Å². The predicted molar refractivity (Wildman–Crippen MR) is 267 cm³/mol. The maximum atomic E-state index is 2.41. The SMILES string of the molecule is CC1(c2ccc3ccccc3c2)c2ccccc2-c2c(-c3cccc(N(c4ccc(-c5cccc6ccccc56)cc4)c4ccc(-c5cccc6ccccc56)cc4)c3)cccc21. The van der Waals surface area contributed by atoms with E-state index in [-0.39, 0.29) is 5.41 Å². The van der Waals surface area contributed by atoms with Gasteiger partial charge in [0.05, 0.1) is 0 Å². The van der Waals surface area contributed by atoms with Crippen molar-refractivity contribution in [3.05, 3.63) is 259 Å². The van der Waals surface area contributed by atoms with Crippen molar-refractivity contribution in [2.75, 3.05) is 4.90 Å². The molecule has 1 aliphatic rings. The first kappa shape index (κ1) is 36.8. The van der Waals surface area contributed by atoms with Crippen LogP contribution in [0.3, 0.4) is 0 Å². The summed E-state index contributed by atoms with van der Waals surface area (Å²) in [7, 11) is 0. The number of rotatable bonds is 7. The summed E-state index contributed by atoms with van der Waals surface area (Å²) in [5, 5.41) is 7.54. The van der Waals surface area contributed by atoms with Crippen LogP contribution >= 0.6 is 0 Å². The normalized spacial score (nSPS) is 14.2. The Kier molecular flexibility index (Phi) is 8.69. The van der Waals surface area contributed by atoms with Crippen LogP contribution in [0.25, 0.3) is 76.8 Å². The summed E-state index contributed by atoms with van der Waals surface area (Å²) < 4.78 is 0. The summed E-state index contributed by atoms with van der Waals surface area (Å²) in [5.41, 5.74) is 16.9. The van der Waals surface area contributed by atoms with Gasteiger partial charge >= 0.3 is 0 Å². The molecule has 296 valence electrons. The van der Waals surface area contributed by atoms with Crippen molar-refractivity contribution in [2.45, 2.75) is 12.3 Å². The average molecular weight is 802 g/mol. The van der Waals surface area contributed by atoms with E-state index >= 15 is 0 Å². The number of hydrogen-bond donors (Lipinski definition) is 0. The Morgan fingerprint density at radius 1 is 0.302 bits per heavy atom. The van der Waals surface area contributed by atoms with E-state index in [9.17, 15) is 0 Å². The maximum absolute atomic E-state index is 2.41. The van der Waals surface area contributed by atoms with Crippen molar-refractivity contribution in [3.8, 4) is 44.5 Å². The summed E-state index contributed by atoms with van der Waals surface area (Å²) in [6.07, 6.45) is 0. The molecule has 1 aliphatic carbocycles. The lowest BCUT2D eigenvalue weighted by Gasteiger charge is -2.29. The van der Waals surface area contributed by atoms with Crippen LogP contribution in [-0.4, -0.2) is 0 Å². The first-order valence-corrected chi connectivity index (χ1v) is 21.9. The summed E-state index contributed by atoms with van der Waals surface area (Å²) >= 11 is 0. The summed E-state index contributed by atoms with van der Waals surface area (Å²) in [4.78, 5) is 2.40. The van der Waals surface area contributed by atoms with E-state index in [0.29, 0.717) is 0 Å². The molecule has 0 radical (unpaired) electrons. The Bertz CT molecular complexity index is 3390. The van der Waals surface area contributed by atoms with E-state index in [0.717, 1.165) is 17.1 Å². The molecule has 0 amide bonds. The van der Waals surface area contributed by atoms with E-state index in [4.69, 9.17) is 0 Å². The van der Waals surface area contributed by atoms with Gasteiger partial charge in [0.15, 0.2) is 0 Å². The van der Waals surface area contributed by atoms with Gasteiger partial charge in [-0.3, -0.25) is 0 Å². The molecule has 11 aromatic carbocycles. The molecule has 0 aliphatic heterocycles. The standard InChI is InChI=1S/C62H43N/c1-62(49-35-30-42-14-2-3-17-47(42)40-49)59-28-9-8-24-58(59)61-57(27-13-29-60(61)62)48-20-10-21-52(41-48)63(50-36-31-45(32-37-50)55-25-11-18-43-15-4-6-22-53(43)55)51-38-33-46(34-39-51)56-26-12-19-44-16-5-7-23-54(44)56/h2-41H,1H3. The van der Waals surface area contributed by atoms with E-state index in [2.05, 4.69) is 254 Å². The Hall–Kier alpha value is -8.00. The van der Waals surface area contributed by atoms with Gasteiger partial charge in [0.25, 0.3) is 0 Å². The quantitative estimate of drug-likeness (QED) is 0.155. The third-order valence-electron chi connectivity index (χ3n) is 13.5. The molecule has 1 heteroatoms. The molecule has 1 atom stereocenters. The molecule has 0 spiro atoms. The van der Waals surface area contributed by atoms with Gasteiger partial charge in [-0.05, 0) is 143 Å². The molecule has 0 fully saturated rings. The number of benzene rings is 11. The zero-order chi connectivity index (χ0) is 41.9. The second-order valence-corrected chi connectivity index (χ2v) is 17.0. The molecule has 11 aromatic rings. The second-order valence-electron chi connectivity index (χ2n) is 17.0. The minimum Gasteiger partial charge on any atom is -0.310 e. The lowest BCUT2D eigenvalue weighted by atomic mass is 9.73. The summed E-state index contributed by atoms with van der Waals surface area (Å²) in [6.45, 7) is 2.41. The van der Waals surface area contributed by atoms with Crippen LogP contribution in [0.5, 0.6) is 0 Å². The van der Waals surface area contributed by atoms with Crippen molar-refractivity contribution < 1.29 is 0 Å². The van der Waals surface area contributed by atoms with Crippen molar-refractivity contribution in [1.82, 2.24) is 0 Å². The van der Waals surface area contributed by atoms with Crippen LogP contribution in [0, 0.1) is 0 Å². The Morgan fingerprint density at radius 3 is 1.46 bits per heavy atom. The number of hydrogen-bond acceptors (Lipinski definition) is 1. The molecule has 1 unspecified atom stereocenters. The Morgan fingerprint density at radius 2 is 0.794 bits per heavy atom. The minimum atomic E-state index is -0.312. The number of anilines is 3. The second kappa shape index (κ2) is 14.9. The van der Waals surface area contributed by atoms with Crippen molar-refractivity contribution in [3.63, 3.8) is 0 Å². The molecule has 0 saturated carbocycles. The highest BCUT2D eigenvalue weighted by atomic mass is 15.1. The Labute approximate surface area is 368 Å². The summed E-state index contributed by atoms with van der Waals surface area (Å²) in [6, 6.07) is 89.3. The van der Waals surface area contributed by atoms with Gasteiger partial charge < -0.3 is 4.90 Å². The fourth-order valence-corrected chi connectivity index (χ4v) is 10.4.